The van der Waals surface area contributed by atoms with Crippen molar-refractivity contribution in [2.75, 3.05) is 6.61 Å². The molecule has 0 aliphatic carbocycles. The maximum atomic E-state index is 14.2. The molecule has 3 N–H and O–H groups in total. The number of ether oxygens (including phenoxy) is 2. The fourth-order valence-corrected chi connectivity index (χ4v) is 6.69. The van der Waals surface area contributed by atoms with Gasteiger partial charge in [0.1, 0.15) is 24.1 Å². The number of rotatable bonds is 10. The number of benzene rings is 2. The topological polar surface area (TPSA) is 163 Å². The minimum absolute atomic E-state index is 0.220. The molecule has 1 aliphatic heterocycles. The van der Waals surface area contributed by atoms with Crippen molar-refractivity contribution in [2.24, 2.45) is 13.0 Å². The van der Waals surface area contributed by atoms with Crippen molar-refractivity contribution in [3.63, 3.8) is 0 Å². The molecule has 0 amide bonds. The molecule has 13 nitrogen and oxygen atoms in total. The highest BCUT2D eigenvalue weighted by Gasteiger charge is 2.44. The number of hydrogen-bond donors (Lipinski definition) is 3. The van der Waals surface area contributed by atoms with Crippen LogP contribution in [0, 0.1) is 5.92 Å². The summed E-state index contributed by atoms with van der Waals surface area (Å²) in [5.41, 5.74) is 0.572. The zero-order valence-electron chi connectivity index (χ0n) is 24.4. The van der Waals surface area contributed by atoms with Crippen LogP contribution in [0.15, 0.2) is 64.3 Å². The second-order valence-electron chi connectivity index (χ2n) is 10.9. The highest BCUT2D eigenvalue weighted by atomic mass is 31.2. The molecule has 2 aromatic carbocycles. The SMILES string of the molecule is CC(C)OC(=O)C(C)NP(=O)(OCC1OC(n2ccc(=O)[nH]c2=O)C(C)C1O)Oc1ccc2c3ccccc3n(C)c2c1. The average molecular weight is 615 g/mol. The van der Waals surface area contributed by atoms with Crippen molar-refractivity contribution in [2.45, 2.75) is 58.3 Å². The highest BCUT2D eigenvalue weighted by Crippen LogP contribution is 2.47. The van der Waals surface area contributed by atoms with Gasteiger partial charge in [0.25, 0.3) is 5.56 Å². The molecule has 4 aromatic rings. The van der Waals surface area contributed by atoms with Crippen LogP contribution in [0.3, 0.4) is 0 Å². The van der Waals surface area contributed by atoms with E-state index in [1.54, 1.807) is 32.9 Å². The summed E-state index contributed by atoms with van der Waals surface area (Å²) in [6.07, 6.45) is -2.18. The number of aliphatic hydroxyl groups is 1. The van der Waals surface area contributed by atoms with Crippen LogP contribution in [0.2, 0.25) is 0 Å². The first-order valence-electron chi connectivity index (χ1n) is 13.9. The van der Waals surface area contributed by atoms with Gasteiger partial charge in [-0.05, 0) is 39.0 Å². The van der Waals surface area contributed by atoms with E-state index in [0.29, 0.717) is 0 Å². The predicted octanol–water partition coefficient (Wildman–Crippen LogP) is 3.21. The van der Waals surface area contributed by atoms with Crippen LogP contribution in [0.25, 0.3) is 21.8 Å². The van der Waals surface area contributed by atoms with E-state index in [-0.39, 0.29) is 5.75 Å². The number of aromatic nitrogens is 3. The third kappa shape index (κ3) is 6.31. The van der Waals surface area contributed by atoms with Gasteiger partial charge < -0.3 is 23.7 Å². The van der Waals surface area contributed by atoms with Gasteiger partial charge in [0.2, 0.25) is 0 Å². The summed E-state index contributed by atoms with van der Waals surface area (Å²) in [5.74, 6) is -1.02. The zero-order chi connectivity index (χ0) is 31.1. The van der Waals surface area contributed by atoms with E-state index in [2.05, 4.69) is 10.1 Å². The number of fused-ring (bicyclic) bond motifs is 3. The Bertz CT molecular complexity index is 1810. The van der Waals surface area contributed by atoms with Gasteiger partial charge in [-0.25, -0.2) is 9.36 Å². The number of aromatic amines is 1. The summed E-state index contributed by atoms with van der Waals surface area (Å²) in [6, 6.07) is 13.2. The van der Waals surface area contributed by atoms with Gasteiger partial charge in [-0.15, -0.1) is 0 Å². The molecule has 6 atom stereocenters. The normalized spacial score (nSPS) is 22.6. The molecule has 0 radical (unpaired) electrons. The van der Waals surface area contributed by atoms with Crippen LogP contribution >= 0.6 is 7.75 Å². The quantitative estimate of drug-likeness (QED) is 0.179. The van der Waals surface area contributed by atoms with Gasteiger partial charge in [-0.3, -0.25) is 23.7 Å². The number of carbonyl (C=O) groups excluding carboxylic acids is 1. The standard InChI is InChI=1S/C29H35N4O9P/c1-16(2)40-28(36)18(4)31-43(38,42-19-10-11-21-20-8-6-7-9-22(20)32(5)23(21)14-19)39-15-24-26(35)17(3)27(41-24)33-13-12-25(34)30-29(33)37/h6-14,16-18,24,26-27,35H,15H2,1-5H3,(H,31,38)(H,30,34,37). The molecule has 230 valence electrons. The Kier molecular flexibility index (Phi) is 8.64. The highest BCUT2D eigenvalue weighted by molar-refractivity contribution is 7.52. The van der Waals surface area contributed by atoms with Crippen molar-refractivity contribution in [3.05, 3.63) is 75.6 Å². The molecule has 14 heteroatoms. The van der Waals surface area contributed by atoms with Crippen LogP contribution in [0.1, 0.15) is 33.9 Å². The van der Waals surface area contributed by atoms with Gasteiger partial charge in [-0.2, -0.15) is 5.09 Å². The van der Waals surface area contributed by atoms with Gasteiger partial charge in [0, 0.05) is 47.6 Å². The fourth-order valence-electron chi connectivity index (χ4n) is 5.20. The number of nitrogens with one attached hydrogen (secondary N) is 2. The summed E-state index contributed by atoms with van der Waals surface area (Å²) < 4.78 is 40.2. The van der Waals surface area contributed by atoms with E-state index in [1.807, 2.05) is 41.9 Å². The molecule has 0 saturated carbocycles. The van der Waals surface area contributed by atoms with Crippen molar-refractivity contribution < 1.29 is 33.0 Å². The van der Waals surface area contributed by atoms with Crippen LogP contribution < -0.4 is 20.9 Å². The summed E-state index contributed by atoms with van der Waals surface area (Å²) in [6.45, 7) is 6.12. The second kappa shape index (κ2) is 12.1. The van der Waals surface area contributed by atoms with Gasteiger partial charge >= 0.3 is 19.4 Å². The molecule has 1 fully saturated rings. The van der Waals surface area contributed by atoms with Crippen molar-refractivity contribution in [1.29, 1.82) is 0 Å². The molecular formula is C29H35N4O9P. The number of nitrogens with zero attached hydrogens (tertiary/aromatic N) is 2. The van der Waals surface area contributed by atoms with Gasteiger partial charge in [-0.1, -0.05) is 25.1 Å². The molecule has 1 saturated heterocycles. The number of aryl methyl sites for hydroxylation is 1. The van der Waals surface area contributed by atoms with Crippen molar-refractivity contribution in [1.82, 2.24) is 19.2 Å². The number of aliphatic hydroxyl groups excluding tert-OH is 1. The van der Waals surface area contributed by atoms with Gasteiger partial charge in [0.15, 0.2) is 0 Å². The fraction of sp³-hybridized carbons (Fsp3) is 0.414. The Balaban J connectivity index is 1.40. The van der Waals surface area contributed by atoms with Crippen LogP contribution in [0.4, 0.5) is 0 Å². The molecule has 5 rings (SSSR count). The lowest BCUT2D eigenvalue weighted by molar-refractivity contribution is -0.149. The monoisotopic (exact) mass is 614 g/mol. The van der Waals surface area contributed by atoms with E-state index < -0.39 is 68.1 Å². The summed E-state index contributed by atoms with van der Waals surface area (Å²) in [4.78, 5) is 38.6. The summed E-state index contributed by atoms with van der Waals surface area (Å²) in [5, 5.41) is 15.6. The van der Waals surface area contributed by atoms with E-state index in [1.165, 1.54) is 19.2 Å². The predicted molar refractivity (Wildman–Crippen MR) is 159 cm³/mol. The summed E-state index contributed by atoms with van der Waals surface area (Å²) in [7, 11) is -2.38. The number of carbonyl (C=O) groups is 1. The molecule has 6 unspecified atom stereocenters. The van der Waals surface area contributed by atoms with E-state index >= 15 is 0 Å². The third-order valence-corrected chi connectivity index (χ3v) is 9.03. The Morgan fingerprint density at radius 3 is 2.56 bits per heavy atom. The second-order valence-corrected chi connectivity index (χ2v) is 12.6. The smallest absolute Gasteiger partial charge is 0.459 e. The first-order valence-corrected chi connectivity index (χ1v) is 15.5. The lowest BCUT2D eigenvalue weighted by atomic mass is 10.0. The van der Waals surface area contributed by atoms with Crippen molar-refractivity contribution >= 4 is 35.5 Å². The van der Waals surface area contributed by atoms with Crippen LogP contribution in [-0.2, 0) is 30.4 Å². The largest absolute Gasteiger partial charge is 0.462 e. The Labute approximate surface area is 246 Å². The number of H-pyrrole nitrogens is 1. The van der Waals surface area contributed by atoms with E-state index in [9.17, 15) is 24.1 Å². The molecule has 3 heterocycles. The average Bonchev–Trinajstić information content (AvgIpc) is 3.39. The molecule has 0 bridgehead atoms. The maximum absolute atomic E-state index is 14.2. The lowest BCUT2D eigenvalue weighted by Gasteiger charge is -2.25. The zero-order valence-corrected chi connectivity index (χ0v) is 25.3. The number of esters is 1. The maximum Gasteiger partial charge on any atom is 0.459 e. The third-order valence-electron chi connectivity index (χ3n) is 7.39. The molecule has 43 heavy (non-hydrogen) atoms. The Hall–Kier alpha value is -3.74. The van der Waals surface area contributed by atoms with Crippen LogP contribution in [-0.4, -0.2) is 56.2 Å². The molecule has 1 aliphatic rings. The molecule has 2 aromatic heterocycles. The summed E-state index contributed by atoms with van der Waals surface area (Å²) >= 11 is 0. The minimum Gasteiger partial charge on any atom is -0.462 e. The van der Waals surface area contributed by atoms with Crippen molar-refractivity contribution in [3.8, 4) is 5.75 Å². The Morgan fingerprint density at radius 1 is 1.12 bits per heavy atom. The minimum atomic E-state index is -4.30. The number of para-hydroxylation sites is 1. The molecular weight excluding hydrogens is 579 g/mol. The Morgan fingerprint density at radius 2 is 1.84 bits per heavy atom. The van der Waals surface area contributed by atoms with E-state index in [4.69, 9.17) is 18.5 Å². The first kappa shape index (κ1) is 30.7. The molecule has 0 spiro atoms. The van der Waals surface area contributed by atoms with E-state index in [0.717, 1.165) is 26.4 Å². The van der Waals surface area contributed by atoms with Crippen LogP contribution in [0.5, 0.6) is 5.75 Å². The first-order chi connectivity index (χ1) is 20.4. The van der Waals surface area contributed by atoms with Gasteiger partial charge in [0.05, 0.1) is 24.3 Å². The lowest BCUT2D eigenvalue weighted by Crippen LogP contribution is -2.37. The number of hydrogen-bond acceptors (Lipinski definition) is 9.